The first kappa shape index (κ1) is 29.3. The molecule has 1 aliphatic rings. The molecule has 1 aromatic carbocycles. The molecule has 0 bridgehead atoms. The number of anilines is 1. The van der Waals surface area contributed by atoms with Crippen LogP contribution < -0.4 is 4.90 Å². The van der Waals surface area contributed by atoms with E-state index in [1.54, 1.807) is 0 Å². The van der Waals surface area contributed by atoms with Gasteiger partial charge in [-0.1, -0.05) is 18.2 Å². The molecular weight excluding hydrogens is 544 g/mol. The van der Waals surface area contributed by atoms with E-state index in [1.165, 1.54) is 0 Å². The smallest absolute Gasteiger partial charge is 0.410 e. The number of aliphatic carboxylic acids is 8. The van der Waals surface area contributed by atoms with Crippen molar-refractivity contribution in [3.63, 3.8) is 0 Å². The molecule has 1 fully saturated rings. The lowest BCUT2D eigenvalue weighted by atomic mass is 9.59. The average molecular weight is 558 g/mol. The molecule has 1 amide bonds. The van der Waals surface area contributed by atoms with Gasteiger partial charge in [0.15, 0.2) is 0 Å². The lowest BCUT2D eigenvalue weighted by Gasteiger charge is -2.63. The van der Waals surface area contributed by atoms with Gasteiger partial charge in [0.25, 0.3) is 22.2 Å². The van der Waals surface area contributed by atoms with Gasteiger partial charge in [-0.05, 0) is 12.1 Å². The van der Waals surface area contributed by atoms with Gasteiger partial charge in [-0.3, -0.25) is 0 Å². The van der Waals surface area contributed by atoms with Crippen LogP contribution in [0.4, 0.5) is 10.5 Å². The Balaban J connectivity index is 3.79. The second kappa shape index (κ2) is 8.86. The topological polar surface area (TPSA) is 342 Å². The predicted octanol–water partition coefficient (Wildman–Crippen LogP) is -2.88. The maximum atomic E-state index is 12.7. The summed E-state index contributed by atoms with van der Waals surface area (Å²) >= 11 is 0. The Hall–Kier alpha value is -5.95. The Labute approximate surface area is 211 Å². The molecule has 39 heavy (non-hydrogen) atoms. The molecule has 1 aliphatic heterocycles. The number of rotatable bonds is 9. The number of carboxylic acid groups (broad SMARTS) is 9. The summed E-state index contributed by atoms with van der Waals surface area (Å²) in [5.41, 5.74) is -22.3. The molecule has 0 aromatic heterocycles. The fourth-order valence-electron chi connectivity index (χ4n) is 4.77. The zero-order chi connectivity index (χ0) is 30.5. The van der Waals surface area contributed by atoms with E-state index in [1.807, 2.05) is 0 Å². The van der Waals surface area contributed by atoms with Crippen molar-refractivity contribution < 1.29 is 89.1 Å². The average Bonchev–Trinajstić information content (AvgIpc) is 2.80. The predicted molar refractivity (Wildman–Crippen MR) is 111 cm³/mol. The standard InChI is InChI=1S/C19H14N2O18/c22-7(23)16(8(24)25)18(11(30)31,12(32)33)21(15(38)39)19(13(34)35,14(36)37)17(9(26)27,10(28)29)20(16)6-4-2-1-3-5-6/h1-5H,(H,22,23)(H,24,25)(H,26,27)(H,28,29)(H,30,31)(H,32,33)(H,34,35)(H,36,37)(H,38,39). The van der Waals surface area contributed by atoms with Crippen LogP contribution in [0.5, 0.6) is 0 Å². The van der Waals surface area contributed by atoms with Gasteiger partial charge in [-0.25, -0.2) is 48.1 Å². The van der Waals surface area contributed by atoms with Crippen molar-refractivity contribution in [2.24, 2.45) is 0 Å². The number of para-hydroxylation sites is 1. The largest absolute Gasteiger partial charge is 0.479 e. The highest BCUT2D eigenvalue weighted by atomic mass is 16.5. The van der Waals surface area contributed by atoms with Crippen molar-refractivity contribution in [2.75, 3.05) is 4.90 Å². The van der Waals surface area contributed by atoms with Gasteiger partial charge in [0, 0.05) is 5.69 Å². The summed E-state index contributed by atoms with van der Waals surface area (Å²) in [4.78, 5) is 111. The lowest BCUT2D eigenvalue weighted by molar-refractivity contribution is -0.219. The van der Waals surface area contributed by atoms with Crippen LogP contribution in [0.25, 0.3) is 0 Å². The minimum absolute atomic E-state index is 0.459. The molecule has 1 saturated heterocycles. The quantitative estimate of drug-likeness (QED) is 0.137. The first-order valence-electron chi connectivity index (χ1n) is 9.60. The normalized spacial score (nSPS) is 18.3. The van der Waals surface area contributed by atoms with Crippen molar-refractivity contribution >= 4 is 59.5 Å². The molecule has 0 unspecified atom stereocenters. The number of carbonyl (C=O) groups is 9. The van der Waals surface area contributed by atoms with Gasteiger partial charge in [0.2, 0.25) is 0 Å². The number of benzene rings is 1. The minimum atomic E-state index is -5.32. The summed E-state index contributed by atoms with van der Waals surface area (Å²) in [6.07, 6.45) is -3.35. The highest BCUT2D eigenvalue weighted by Gasteiger charge is 2.96. The molecule has 9 N–H and O–H groups in total. The van der Waals surface area contributed by atoms with Crippen LogP contribution in [-0.4, -0.2) is 127 Å². The highest BCUT2D eigenvalue weighted by Crippen LogP contribution is 2.55. The van der Waals surface area contributed by atoms with E-state index in [2.05, 4.69) is 0 Å². The summed E-state index contributed by atoms with van der Waals surface area (Å²) in [6.45, 7) is 0. The van der Waals surface area contributed by atoms with Crippen LogP contribution in [-0.2, 0) is 38.4 Å². The Morgan fingerprint density at radius 2 is 0.692 bits per heavy atom. The third kappa shape index (κ3) is 2.89. The molecule has 208 valence electrons. The maximum Gasteiger partial charge on any atom is 0.410 e. The molecule has 20 nitrogen and oxygen atoms in total. The van der Waals surface area contributed by atoms with E-state index in [-0.39, 0.29) is 0 Å². The van der Waals surface area contributed by atoms with Gasteiger partial charge in [-0.2, -0.15) is 0 Å². The molecule has 1 aromatic rings. The van der Waals surface area contributed by atoms with E-state index in [0.717, 1.165) is 18.2 Å². The summed E-state index contributed by atoms with van der Waals surface area (Å²) < 4.78 is 0. The van der Waals surface area contributed by atoms with Crippen molar-refractivity contribution in [3.05, 3.63) is 30.3 Å². The van der Waals surface area contributed by atoms with Gasteiger partial charge < -0.3 is 50.9 Å². The fraction of sp³-hybridized carbons (Fsp3) is 0.211. The van der Waals surface area contributed by atoms with Crippen molar-refractivity contribution in [3.8, 4) is 0 Å². The van der Waals surface area contributed by atoms with Gasteiger partial charge >= 0.3 is 53.8 Å². The first-order valence-corrected chi connectivity index (χ1v) is 9.60. The zero-order valence-electron chi connectivity index (χ0n) is 18.5. The summed E-state index contributed by atoms with van der Waals surface area (Å²) in [7, 11) is 0. The van der Waals surface area contributed by atoms with Crippen LogP contribution >= 0.6 is 0 Å². The molecule has 0 aliphatic carbocycles. The lowest BCUT2D eigenvalue weighted by Crippen LogP contribution is -3.01. The number of carboxylic acids is 8. The van der Waals surface area contributed by atoms with Gasteiger partial charge in [0.1, 0.15) is 0 Å². The van der Waals surface area contributed by atoms with E-state index >= 15 is 0 Å². The molecule has 0 radical (unpaired) electrons. The highest BCUT2D eigenvalue weighted by molar-refractivity contribution is 6.32. The van der Waals surface area contributed by atoms with Crippen molar-refractivity contribution in [1.82, 2.24) is 4.90 Å². The van der Waals surface area contributed by atoms with E-state index < -0.39 is 91.5 Å². The Kier molecular flexibility index (Phi) is 6.65. The Bertz CT molecular complexity index is 1220. The van der Waals surface area contributed by atoms with Crippen LogP contribution in [0, 0.1) is 0 Å². The van der Waals surface area contributed by atoms with Gasteiger partial charge in [0.05, 0.1) is 0 Å². The molecule has 20 heteroatoms. The van der Waals surface area contributed by atoms with E-state index in [4.69, 9.17) is 0 Å². The van der Waals surface area contributed by atoms with E-state index in [0.29, 0.717) is 12.1 Å². The van der Waals surface area contributed by atoms with Gasteiger partial charge in [-0.15, -0.1) is 0 Å². The Morgan fingerprint density at radius 1 is 0.436 bits per heavy atom. The van der Waals surface area contributed by atoms with Crippen LogP contribution in [0.15, 0.2) is 30.3 Å². The van der Waals surface area contributed by atoms with Crippen LogP contribution in [0.1, 0.15) is 0 Å². The molecule has 1 heterocycles. The summed E-state index contributed by atoms with van der Waals surface area (Å²) in [6, 6.07) is 3.57. The molecule has 0 spiro atoms. The maximum absolute atomic E-state index is 12.7. The summed E-state index contributed by atoms with van der Waals surface area (Å²) in [5.74, 6) is -26.4. The SMILES string of the molecule is O=C(O)N1C(C(=O)O)(C(=O)O)C(C(=O)O)(C(=O)O)N(c2ccccc2)C(C(=O)O)(C(=O)O)C1(C(=O)O)C(=O)O. The fourth-order valence-corrected chi connectivity index (χ4v) is 4.77. The second-order valence-corrected chi connectivity index (χ2v) is 7.57. The number of piperazine rings is 1. The zero-order valence-corrected chi connectivity index (χ0v) is 18.5. The second-order valence-electron chi connectivity index (χ2n) is 7.57. The molecule has 0 atom stereocenters. The number of hydrogen-bond acceptors (Lipinski definition) is 10. The van der Waals surface area contributed by atoms with Crippen molar-refractivity contribution in [2.45, 2.75) is 22.2 Å². The first-order chi connectivity index (χ1) is 17.8. The van der Waals surface area contributed by atoms with E-state index in [9.17, 15) is 89.1 Å². The monoisotopic (exact) mass is 558 g/mol. The van der Waals surface area contributed by atoms with Crippen molar-refractivity contribution in [1.29, 1.82) is 0 Å². The summed E-state index contributed by atoms with van der Waals surface area (Å²) in [5, 5.41) is 90.3. The third-order valence-electron chi connectivity index (χ3n) is 6.07. The number of hydrogen-bond donors (Lipinski definition) is 9. The molecule has 2 rings (SSSR count). The van der Waals surface area contributed by atoms with Crippen LogP contribution in [0.3, 0.4) is 0 Å². The molecule has 0 saturated carbocycles. The number of amides is 1. The Morgan fingerprint density at radius 3 is 0.897 bits per heavy atom. The minimum Gasteiger partial charge on any atom is -0.479 e. The third-order valence-corrected chi connectivity index (χ3v) is 6.07. The van der Waals surface area contributed by atoms with Crippen LogP contribution in [0.2, 0.25) is 0 Å². The number of nitrogens with zero attached hydrogens (tertiary/aromatic N) is 2. The molecular formula is C19H14N2O18.